The van der Waals surface area contributed by atoms with E-state index in [2.05, 4.69) is 27.0 Å². The molecule has 0 radical (unpaired) electrons. The molecule has 2 fully saturated rings. The molecule has 3 heterocycles. The van der Waals surface area contributed by atoms with E-state index in [9.17, 15) is 5.26 Å². The van der Waals surface area contributed by atoms with E-state index in [0.29, 0.717) is 23.8 Å². The Balaban J connectivity index is 1.55. The molecule has 0 aliphatic carbocycles. The van der Waals surface area contributed by atoms with Gasteiger partial charge in [-0.2, -0.15) is 5.26 Å². The van der Waals surface area contributed by atoms with Gasteiger partial charge in [0.15, 0.2) is 12.0 Å². The van der Waals surface area contributed by atoms with Crippen LogP contribution in [0.2, 0.25) is 0 Å². The lowest BCUT2D eigenvalue weighted by molar-refractivity contribution is -0.300. The van der Waals surface area contributed by atoms with Crippen LogP contribution in [0.1, 0.15) is 24.5 Å². The quantitative estimate of drug-likeness (QED) is 0.679. The summed E-state index contributed by atoms with van der Waals surface area (Å²) >= 11 is 4.79. The predicted octanol–water partition coefficient (Wildman–Crippen LogP) is 3.38. The first-order valence-corrected chi connectivity index (χ1v) is 11.3. The third-order valence-corrected chi connectivity index (χ3v) is 6.60. The highest BCUT2D eigenvalue weighted by molar-refractivity contribution is 9.10. The van der Waals surface area contributed by atoms with Crippen molar-refractivity contribution in [3.8, 4) is 6.07 Å². The molecule has 158 valence electrons. The van der Waals surface area contributed by atoms with Crippen LogP contribution in [0.4, 0.5) is 0 Å². The number of aromatic nitrogens is 1. The van der Waals surface area contributed by atoms with Crippen LogP contribution in [0.25, 0.3) is 0 Å². The Morgan fingerprint density at radius 1 is 1.33 bits per heavy atom. The fourth-order valence-corrected chi connectivity index (χ4v) is 5.33. The third kappa shape index (κ3) is 4.55. The summed E-state index contributed by atoms with van der Waals surface area (Å²) in [5, 5.41) is 9.41. The lowest BCUT2D eigenvalue weighted by atomic mass is 9.96. The first kappa shape index (κ1) is 21.7. The topological polar surface area (TPSA) is 99.6 Å². The van der Waals surface area contributed by atoms with Gasteiger partial charge in [0.2, 0.25) is 0 Å². The molecule has 30 heavy (non-hydrogen) atoms. The molecule has 2 aliphatic heterocycles. The molecule has 0 amide bonds. The Kier molecular flexibility index (Phi) is 7.05. The molecule has 7 nitrogen and oxygen atoms in total. The van der Waals surface area contributed by atoms with Gasteiger partial charge in [-0.05, 0) is 28.9 Å². The number of nitrogens with two attached hydrogens (primary N) is 1. The van der Waals surface area contributed by atoms with Crippen molar-refractivity contribution >= 4 is 27.7 Å². The van der Waals surface area contributed by atoms with Crippen LogP contribution < -0.4 is 5.73 Å². The zero-order valence-electron chi connectivity index (χ0n) is 16.3. The van der Waals surface area contributed by atoms with Crippen molar-refractivity contribution in [2.45, 2.75) is 47.9 Å². The van der Waals surface area contributed by atoms with Crippen molar-refractivity contribution < 1.29 is 18.9 Å². The highest BCUT2D eigenvalue weighted by atomic mass is 79.9. The summed E-state index contributed by atoms with van der Waals surface area (Å²) in [6, 6.07) is 13.3. The van der Waals surface area contributed by atoms with Crippen molar-refractivity contribution in [2.24, 2.45) is 5.73 Å². The van der Waals surface area contributed by atoms with E-state index in [-0.39, 0.29) is 12.2 Å². The lowest BCUT2D eigenvalue weighted by Gasteiger charge is -2.48. The molecule has 0 bridgehead atoms. The number of halogens is 1. The summed E-state index contributed by atoms with van der Waals surface area (Å²) in [5.41, 5.74) is 7.46. The van der Waals surface area contributed by atoms with Gasteiger partial charge in [-0.3, -0.25) is 0 Å². The molecule has 2 saturated heterocycles. The minimum Gasteiger partial charge on any atom is -0.373 e. The summed E-state index contributed by atoms with van der Waals surface area (Å²) < 4.78 is 25.2. The molecule has 9 heteroatoms. The van der Waals surface area contributed by atoms with E-state index in [1.807, 2.05) is 43.3 Å². The Hall–Kier alpha value is -1.51. The van der Waals surface area contributed by atoms with Crippen molar-refractivity contribution in [1.29, 1.82) is 5.26 Å². The molecule has 6 unspecified atom stereocenters. The molecular weight excluding hydrogens is 470 g/mol. The molecular formula is C21H22BrN3O4S. The summed E-state index contributed by atoms with van der Waals surface area (Å²) in [6.07, 6.45) is -0.0128. The van der Waals surface area contributed by atoms with Crippen molar-refractivity contribution in [1.82, 2.24) is 4.98 Å². The van der Waals surface area contributed by atoms with Gasteiger partial charge in [-0.15, -0.1) is 0 Å². The zero-order chi connectivity index (χ0) is 21.1. The average Bonchev–Trinajstić information content (AvgIpc) is 2.77. The normalized spacial score (nSPS) is 31.0. The fourth-order valence-electron chi connectivity index (χ4n) is 3.60. The summed E-state index contributed by atoms with van der Waals surface area (Å²) in [6.45, 7) is 2.76. The largest absolute Gasteiger partial charge is 0.373 e. The van der Waals surface area contributed by atoms with E-state index >= 15 is 0 Å². The van der Waals surface area contributed by atoms with Gasteiger partial charge in [0.05, 0.1) is 12.6 Å². The number of ether oxygens (including phenoxy) is 4. The maximum Gasteiger partial charge on any atom is 0.184 e. The fraction of sp³-hybridized carbons (Fsp3) is 0.429. The van der Waals surface area contributed by atoms with Crippen LogP contribution in [0.15, 0.2) is 52.0 Å². The van der Waals surface area contributed by atoms with Crippen LogP contribution in [-0.2, 0) is 18.9 Å². The molecule has 6 atom stereocenters. The maximum atomic E-state index is 9.41. The summed E-state index contributed by atoms with van der Waals surface area (Å²) in [4.78, 5) is 4.87. The first-order valence-electron chi connectivity index (χ1n) is 9.67. The second-order valence-corrected chi connectivity index (χ2v) is 9.00. The molecule has 4 rings (SSSR count). The molecule has 0 saturated carbocycles. The highest BCUT2D eigenvalue weighted by Crippen LogP contribution is 2.40. The SMILES string of the molecule is CCOC1C(Sc2cc(Br)cnc2C#N)OC2COC(c3ccccc3)OC2C1N. The van der Waals surface area contributed by atoms with Gasteiger partial charge in [0.1, 0.15) is 29.8 Å². The number of nitrogens with zero attached hydrogens (tertiary/aromatic N) is 2. The highest BCUT2D eigenvalue weighted by Gasteiger charge is 2.49. The number of benzene rings is 1. The van der Waals surface area contributed by atoms with Gasteiger partial charge >= 0.3 is 0 Å². The standard InChI is InChI=1S/C21H22BrN3O4S/c1-2-26-19-17(24)18-15(11-27-20(29-18)12-6-4-3-5-7-12)28-21(19)30-16-8-13(22)10-25-14(16)9-23/h3-8,10,15,17-21H,2,11,24H2,1H3. The maximum absolute atomic E-state index is 9.41. The van der Waals surface area contributed by atoms with Crippen LogP contribution in [-0.4, -0.2) is 48.0 Å². The average molecular weight is 492 g/mol. The van der Waals surface area contributed by atoms with E-state index in [4.69, 9.17) is 24.7 Å². The van der Waals surface area contributed by atoms with Gasteiger partial charge in [-0.25, -0.2) is 4.98 Å². The van der Waals surface area contributed by atoms with Crippen LogP contribution >= 0.6 is 27.7 Å². The van der Waals surface area contributed by atoms with Crippen molar-refractivity contribution in [3.05, 3.63) is 58.3 Å². The Morgan fingerprint density at radius 3 is 2.87 bits per heavy atom. The smallest absolute Gasteiger partial charge is 0.184 e. The molecule has 2 aliphatic rings. The number of thioether (sulfide) groups is 1. The number of hydrogen-bond donors (Lipinski definition) is 1. The van der Waals surface area contributed by atoms with E-state index in [1.54, 1.807) is 6.20 Å². The minimum absolute atomic E-state index is 0.332. The Morgan fingerprint density at radius 2 is 2.13 bits per heavy atom. The monoisotopic (exact) mass is 491 g/mol. The van der Waals surface area contributed by atoms with E-state index in [0.717, 1.165) is 10.0 Å². The second kappa shape index (κ2) is 9.75. The van der Waals surface area contributed by atoms with E-state index in [1.165, 1.54) is 11.8 Å². The van der Waals surface area contributed by atoms with Gasteiger partial charge in [0.25, 0.3) is 0 Å². The number of hydrogen-bond acceptors (Lipinski definition) is 8. The van der Waals surface area contributed by atoms with Crippen LogP contribution in [0, 0.1) is 11.3 Å². The lowest BCUT2D eigenvalue weighted by Crippen LogP contribution is -2.64. The molecule has 1 aromatic heterocycles. The number of pyridine rings is 1. The van der Waals surface area contributed by atoms with Crippen LogP contribution in [0.3, 0.4) is 0 Å². The molecule has 1 aromatic carbocycles. The van der Waals surface area contributed by atoms with Gasteiger partial charge < -0.3 is 24.7 Å². The molecule has 2 aromatic rings. The summed E-state index contributed by atoms with van der Waals surface area (Å²) in [5.74, 6) is 0. The third-order valence-electron chi connectivity index (χ3n) is 4.99. The molecule has 2 N–H and O–H groups in total. The Bertz CT molecular complexity index is 913. The van der Waals surface area contributed by atoms with Crippen LogP contribution in [0.5, 0.6) is 0 Å². The second-order valence-electron chi connectivity index (χ2n) is 6.95. The number of nitriles is 1. The number of rotatable bonds is 5. The first-order chi connectivity index (χ1) is 14.6. The van der Waals surface area contributed by atoms with Crippen molar-refractivity contribution in [3.63, 3.8) is 0 Å². The molecule has 0 spiro atoms. The minimum atomic E-state index is -0.493. The summed E-state index contributed by atoms with van der Waals surface area (Å²) in [7, 11) is 0. The predicted molar refractivity (Wildman–Crippen MR) is 115 cm³/mol. The number of fused-ring (bicyclic) bond motifs is 1. The van der Waals surface area contributed by atoms with Gasteiger partial charge in [-0.1, -0.05) is 42.1 Å². The Labute approximate surface area is 188 Å². The zero-order valence-corrected chi connectivity index (χ0v) is 18.7. The van der Waals surface area contributed by atoms with Gasteiger partial charge in [0, 0.05) is 27.7 Å². The van der Waals surface area contributed by atoms with Crippen molar-refractivity contribution in [2.75, 3.05) is 13.2 Å². The van der Waals surface area contributed by atoms with E-state index < -0.39 is 23.9 Å².